The molecule has 0 spiro atoms. The number of hydrogen-bond donors (Lipinski definition) is 2. The van der Waals surface area contributed by atoms with Gasteiger partial charge in [-0.25, -0.2) is 4.89 Å². The summed E-state index contributed by atoms with van der Waals surface area (Å²) in [7, 11) is 0. The number of ether oxygens (including phenoxy) is 1. The third-order valence-corrected chi connectivity index (χ3v) is 1.83. The van der Waals surface area contributed by atoms with Gasteiger partial charge in [-0.3, -0.25) is 5.26 Å². The first-order chi connectivity index (χ1) is 4.81. The quantitative estimate of drug-likeness (QED) is 0.319. The highest BCUT2D eigenvalue weighted by molar-refractivity contribution is 5.14. The topological polar surface area (TPSA) is 62.2 Å². The first-order valence-corrected chi connectivity index (χ1v) is 3.16. The summed E-state index contributed by atoms with van der Waals surface area (Å²) in [6, 6.07) is 0. The van der Waals surface area contributed by atoms with E-state index in [0.717, 1.165) is 0 Å². The van der Waals surface area contributed by atoms with Crippen LogP contribution in [0.3, 0.4) is 0 Å². The minimum absolute atomic E-state index is 0.0408. The molecule has 10 heavy (non-hydrogen) atoms. The van der Waals surface area contributed by atoms with Gasteiger partial charge < -0.3 is 9.84 Å². The smallest absolute Gasteiger partial charge is 0.143 e. The van der Waals surface area contributed by atoms with Crippen molar-refractivity contribution in [3.63, 3.8) is 0 Å². The fraction of sp³-hybridized carbons (Fsp3) is 0.667. The van der Waals surface area contributed by atoms with Gasteiger partial charge in [-0.15, -0.1) is 0 Å². The predicted molar refractivity (Wildman–Crippen MR) is 31.5 cm³/mol. The monoisotopic (exact) mass is 144 g/mol. The molecule has 4 nitrogen and oxygen atoms in total. The summed E-state index contributed by atoms with van der Waals surface area (Å²) in [6.07, 6.45) is 1.56. The van der Waals surface area contributed by atoms with Gasteiger partial charge in [0.05, 0.1) is 11.9 Å². The molecule has 0 unspecified atom stereocenters. The van der Waals surface area contributed by atoms with Crippen molar-refractivity contribution in [3.8, 4) is 0 Å². The van der Waals surface area contributed by atoms with E-state index < -0.39 is 6.10 Å². The lowest BCUT2D eigenvalue weighted by molar-refractivity contribution is -0.270. The molecule has 2 N–H and O–H groups in total. The van der Waals surface area contributed by atoms with Gasteiger partial charge >= 0.3 is 0 Å². The highest BCUT2D eigenvalue weighted by atomic mass is 17.1. The maximum Gasteiger partial charge on any atom is 0.143 e. The van der Waals surface area contributed by atoms with Crippen molar-refractivity contribution >= 4 is 0 Å². The fourth-order valence-corrected chi connectivity index (χ4v) is 1.26. The van der Waals surface area contributed by atoms with Crippen molar-refractivity contribution in [2.24, 2.45) is 0 Å². The van der Waals surface area contributed by atoms with E-state index in [0.29, 0.717) is 6.42 Å². The summed E-state index contributed by atoms with van der Waals surface area (Å²) in [5.74, 6) is 0.234. The first-order valence-electron chi connectivity index (χ1n) is 3.16. The molecule has 0 aromatic carbocycles. The lowest BCUT2D eigenvalue weighted by Crippen LogP contribution is -2.22. The Kier molecular flexibility index (Phi) is 1.20. The molecule has 1 heterocycles. The van der Waals surface area contributed by atoms with E-state index in [9.17, 15) is 0 Å². The molecule has 2 aliphatic rings. The summed E-state index contributed by atoms with van der Waals surface area (Å²) in [6.45, 7) is 0. The number of rotatable bonds is 1. The second kappa shape index (κ2) is 1.95. The zero-order valence-corrected chi connectivity index (χ0v) is 5.23. The Bertz CT molecular complexity index is 177. The summed E-state index contributed by atoms with van der Waals surface area (Å²) < 4.78 is 5.05. The van der Waals surface area contributed by atoms with Crippen molar-refractivity contribution in [2.75, 3.05) is 0 Å². The molecular weight excluding hydrogens is 136 g/mol. The Hall–Kier alpha value is -0.580. The molecule has 1 fully saturated rings. The van der Waals surface area contributed by atoms with Gasteiger partial charge in [0.15, 0.2) is 0 Å². The van der Waals surface area contributed by atoms with Gasteiger partial charge in [-0.05, 0) is 6.08 Å². The maximum absolute atomic E-state index is 9.00. The van der Waals surface area contributed by atoms with Crippen molar-refractivity contribution in [1.29, 1.82) is 0 Å². The number of aliphatic hydroxyl groups is 1. The van der Waals surface area contributed by atoms with E-state index in [1.807, 2.05) is 0 Å². The maximum atomic E-state index is 9.00. The van der Waals surface area contributed by atoms with Crippen molar-refractivity contribution < 1.29 is 20.0 Å². The number of fused-ring (bicyclic) bond motifs is 1. The minimum Gasteiger partial charge on any atom is -0.512 e. The van der Waals surface area contributed by atoms with Gasteiger partial charge in [0.2, 0.25) is 0 Å². The van der Waals surface area contributed by atoms with Crippen LogP contribution in [0.5, 0.6) is 0 Å². The van der Waals surface area contributed by atoms with E-state index in [1.54, 1.807) is 0 Å². The van der Waals surface area contributed by atoms with Crippen LogP contribution in [-0.4, -0.2) is 28.7 Å². The van der Waals surface area contributed by atoms with Crippen LogP contribution in [0.25, 0.3) is 0 Å². The van der Waals surface area contributed by atoms with Crippen LogP contribution in [0.15, 0.2) is 11.8 Å². The molecule has 0 amide bonds. The van der Waals surface area contributed by atoms with Gasteiger partial charge in [0.1, 0.15) is 12.2 Å². The van der Waals surface area contributed by atoms with E-state index in [-0.39, 0.29) is 18.0 Å². The SMILES string of the molecule is OO[C@@H]1C=C(O)C[C@@H]2O[C@@H]21. The van der Waals surface area contributed by atoms with E-state index in [4.69, 9.17) is 15.1 Å². The van der Waals surface area contributed by atoms with Crippen LogP contribution in [-0.2, 0) is 9.62 Å². The van der Waals surface area contributed by atoms with E-state index >= 15 is 0 Å². The van der Waals surface area contributed by atoms with Crippen LogP contribution < -0.4 is 0 Å². The van der Waals surface area contributed by atoms with E-state index in [1.165, 1.54) is 6.08 Å². The number of epoxide rings is 1. The summed E-state index contributed by atoms with van der Waals surface area (Å²) >= 11 is 0. The number of aliphatic hydroxyl groups excluding tert-OH is 1. The van der Waals surface area contributed by atoms with Crippen LogP contribution >= 0.6 is 0 Å². The van der Waals surface area contributed by atoms with Crippen LogP contribution in [0.4, 0.5) is 0 Å². The molecule has 1 aliphatic heterocycles. The Morgan fingerprint density at radius 1 is 1.70 bits per heavy atom. The third kappa shape index (κ3) is 0.811. The molecule has 0 aromatic heterocycles. The summed E-state index contributed by atoms with van der Waals surface area (Å²) in [4.78, 5) is 4.05. The van der Waals surface area contributed by atoms with Crippen LogP contribution in [0.1, 0.15) is 6.42 Å². The molecule has 4 heteroatoms. The average molecular weight is 144 g/mol. The van der Waals surface area contributed by atoms with Crippen LogP contribution in [0.2, 0.25) is 0 Å². The van der Waals surface area contributed by atoms with E-state index in [2.05, 4.69) is 4.89 Å². The molecule has 0 aromatic rings. The average Bonchev–Trinajstić information content (AvgIpc) is 2.64. The van der Waals surface area contributed by atoms with Crippen molar-refractivity contribution in [1.82, 2.24) is 0 Å². The standard InChI is InChI=1S/C6H8O4/c7-3-1-4-6(9-4)5(2-3)10-8/h2,4-8H,1H2/t4-,5+,6-/m0/s1. The Balaban J connectivity index is 2.11. The lowest BCUT2D eigenvalue weighted by Gasteiger charge is -2.09. The molecule has 3 atom stereocenters. The molecule has 0 bridgehead atoms. The zero-order chi connectivity index (χ0) is 7.14. The predicted octanol–water partition coefficient (Wildman–Crippen LogP) is 0.458. The highest BCUT2D eigenvalue weighted by Gasteiger charge is 2.48. The molecule has 1 aliphatic carbocycles. The second-order valence-electron chi connectivity index (χ2n) is 2.57. The summed E-state index contributed by atoms with van der Waals surface area (Å²) in [5.41, 5.74) is 0. The van der Waals surface area contributed by atoms with Gasteiger partial charge in [-0.2, -0.15) is 0 Å². The largest absolute Gasteiger partial charge is 0.512 e. The van der Waals surface area contributed by atoms with Crippen LogP contribution in [0, 0.1) is 0 Å². The Labute approximate surface area is 57.6 Å². The Morgan fingerprint density at radius 2 is 2.50 bits per heavy atom. The second-order valence-corrected chi connectivity index (χ2v) is 2.57. The molecule has 0 saturated carbocycles. The zero-order valence-electron chi connectivity index (χ0n) is 5.23. The first kappa shape index (κ1) is 6.15. The molecular formula is C6H8O4. The van der Waals surface area contributed by atoms with Crippen molar-refractivity contribution in [2.45, 2.75) is 24.7 Å². The number of hydrogen-bond acceptors (Lipinski definition) is 4. The van der Waals surface area contributed by atoms with Gasteiger partial charge in [0, 0.05) is 6.42 Å². The fourth-order valence-electron chi connectivity index (χ4n) is 1.26. The van der Waals surface area contributed by atoms with Gasteiger partial charge in [0.25, 0.3) is 0 Å². The third-order valence-electron chi connectivity index (χ3n) is 1.83. The lowest BCUT2D eigenvalue weighted by atomic mass is 10.0. The highest BCUT2D eigenvalue weighted by Crippen LogP contribution is 2.36. The molecule has 1 saturated heterocycles. The van der Waals surface area contributed by atoms with Crippen molar-refractivity contribution in [3.05, 3.63) is 11.8 Å². The minimum atomic E-state index is -0.473. The molecule has 2 rings (SSSR count). The van der Waals surface area contributed by atoms with Gasteiger partial charge in [-0.1, -0.05) is 0 Å². The molecule has 56 valence electrons. The molecule has 0 radical (unpaired) electrons. The normalized spacial score (nSPS) is 44.1. The Morgan fingerprint density at radius 3 is 3.20 bits per heavy atom. The summed E-state index contributed by atoms with van der Waals surface area (Å²) in [5, 5.41) is 17.3.